The minimum absolute atomic E-state index is 0.0175. The molecule has 1 atom stereocenters. The van der Waals surface area contributed by atoms with Crippen LogP contribution in [0.2, 0.25) is 0 Å². The molecule has 0 spiro atoms. The van der Waals surface area contributed by atoms with E-state index in [0.717, 1.165) is 25.8 Å². The normalized spacial score (nSPS) is 20.8. The molecule has 98 valence electrons. The van der Waals surface area contributed by atoms with Gasteiger partial charge in [0.05, 0.1) is 6.42 Å². The Kier molecular flexibility index (Phi) is 5.80. The third kappa shape index (κ3) is 4.63. The summed E-state index contributed by atoms with van der Waals surface area (Å²) in [5.41, 5.74) is 0. The number of likely N-dealkylation sites (tertiary alicyclic amines) is 1. The molecule has 0 aromatic rings. The largest absolute Gasteiger partial charge is 0.481 e. The van der Waals surface area contributed by atoms with Crippen molar-refractivity contribution in [3.63, 3.8) is 0 Å². The van der Waals surface area contributed by atoms with Crippen molar-refractivity contribution in [1.29, 1.82) is 0 Å². The zero-order valence-electron chi connectivity index (χ0n) is 10.4. The Morgan fingerprint density at radius 1 is 1.35 bits per heavy atom. The molecule has 1 saturated heterocycles. The zero-order chi connectivity index (χ0) is 12.7. The van der Waals surface area contributed by atoms with E-state index in [1.54, 1.807) is 0 Å². The van der Waals surface area contributed by atoms with E-state index in [-0.39, 0.29) is 19.0 Å². The van der Waals surface area contributed by atoms with Crippen LogP contribution in [0, 0.1) is 0 Å². The molecule has 2 N–H and O–H groups in total. The Balaban J connectivity index is 2.43. The standard InChI is InChI=1S/C12H22N2O3/c1-2-10-6-4-3-5-9-14(10)12(17)13-8-7-11(15)16/h10H,2-9H2,1H3,(H,13,17)(H,15,16). The van der Waals surface area contributed by atoms with E-state index < -0.39 is 5.97 Å². The molecule has 5 heteroatoms. The summed E-state index contributed by atoms with van der Waals surface area (Å²) < 4.78 is 0. The van der Waals surface area contributed by atoms with Crippen molar-refractivity contribution in [2.24, 2.45) is 0 Å². The molecule has 0 radical (unpaired) electrons. The summed E-state index contributed by atoms with van der Waals surface area (Å²) in [4.78, 5) is 24.2. The van der Waals surface area contributed by atoms with Crippen LogP contribution in [0.5, 0.6) is 0 Å². The number of hydrogen-bond acceptors (Lipinski definition) is 2. The predicted molar refractivity (Wildman–Crippen MR) is 64.9 cm³/mol. The van der Waals surface area contributed by atoms with Gasteiger partial charge in [-0.25, -0.2) is 4.79 Å². The van der Waals surface area contributed by atoms with Crippen LogP contribution in [0.4, 0.5) is 4.79 Å². The van der Waals surface area contributed by atoms with Gasteiger partial charge < -0.3 is 15.3 Å². The van der Waals surface area contributed by atoms with E-state index in [4.69, 9.17) is 5.11 Å². The van der Waals surface area contributed by atoms with Crippen molar-refractivity contribution in [3.8, 4) is 0 Å². The van der Waals surface area contributed by atoms with Crippen LogP contribution >= 0.6 is 0 Å². The van der Waals surface area contributed by atoms with Gasteiger partial charge in [0.2, 0.25) is 0 Å². The minimum Gasteiger partial charge on any atom is -0.481 e. The Hall–Kier alpha value is -1.26. The van der Waals surface area contributed by atoms with Gasteiger partial charge in [-0.3, -0.25) is 4.79 Å². The minimum atomic E-state index is -0.881. The van der Waals surface area contributed by atoms with Crippen LogP contribution in [0.25, 0.3) is 0 Å². The number of carboxylic acid groups (broad SMARTS) is 1. The molecule has 0 aromatic carbocycles. The lowest BCUT2D eigenvalue weighted by Crippen LogP contribution is -2.46. The molecular formula is C12H22N2O3. The highest BCUT2D eigenvalue weighted by atomic mass is 16.4. The summed E-state index contributed by atoms with van der Waals surface area (Å²) in [5.74, 6) is -0.881. The van der Waals surface area contributed by atoms with Gasteiger partial charge in [-0.1, -0.05) is 19.8 Å². The van der Waals surface area contributed by atoms with Crippen molar-refractivity contribution in [3.05, 3.63) is 0 Å². The lowest BCUT2D eigenvalue weighted by Gasteiger charge is -2.29. The van der Waals surface area contributed by atoms with Crippen LogP contribution in [0.1, 0.15) is 45.4 Å². The van der Waals surface area contributed by atoms with Gasteiger partial charge in [0.25, 0.3) is 0 Å². The average Bonchev–Trinajstić information content (AvgIpc) is 2.52. The summed E-state index contributed by atoms with van der Waals surface area (Å²) in [6, 6.07) is 0.197. The first-order valence-electron chi connectivity index (χ1n) is 6.41. The second kappa shape index (κ2) is 7.14. The summed E-state index contributed by atoms with van der Waals surface area (Å²) in [5, 5.41) is 11.2. The number of nitrogens with zero attached hydrogens (tertiary/aromatic N) is 1. The molecule has 0 saturated carbocycles. The number of aliphatic carboxylic acids is 1. The summed E-state index contributed by atoms with van der Waals surface area (Å²) in [7, 11) is 0. The van der Waals surface area contributed by atoms with Crippen LogP contribution in [0.3, 0.4) is 0 Å². The highest BCUT2D eigenvalue weighted by molar-refractivity contribution is 5.75. The van der Waals surface area contributed by atoms with Crippen LogP contribution < -0.4 is 5.32 Å². The molecule has 2 amide bonds. The second-order valence-electron chi connectivity index (χ2n) is 4.48. The number of carbonyl (C=O) groups excluding carboxylic acids is 1. The smallest absolute Gasteiger partial charge is 0.317 e. The van der Waals surface area contributed by atoms with Gasteiger partial charge in [-0.15, -0.1) is 0 Å². The summed E-state index contributed by atoms with van der Waals surface area (Å²) >= 11 is 0. The Morgan fingerprint density at radius 2 is 2.12 bits per heavy atom. The van der Waals surface area contributed by atoms with E-state index in [0.29, 0.717) is 6.04 Å². The lowest BCUT2D eigenvalue weighted by molar-refractivity contribution is -0.136. The van der Waals surface area contributed by atoms with Gasteiger partial charge in [-0.2, -0.15) is 0 Å². The summed E-state index contributed by atoms with van der Waals surface area (Å²) in [6.45, 7) is 3.09. The van der Waals surface area contributed by atoms with Crippen molar-refractivity contribution < 1.29 is 14.7 Å². The number of rotatable bonds is 4. The molecule has 1 heterocycles. The van der Waals surface area contributed by atoms with Gasteiger partial charge >= 0.3 is 12.0 Å². The number of amides is 2. The zero-order valence-corrected chi connectivity index (χ0v) is 10.4. The van der Waals surface area contributed by atoms with E-state index in [9.17, 15) is 9.59 Å². The third-order valence-electron chi connectivity index (χ3n) is 3.22. The van der Waals surface area contributed by atoms with E-state index in [1.165, 1.54) is 12.8 Å². The van der Waals surface area contributed by atoms with Gasteiger partial charge in [0.1, 0.15) is 0 Å². The first-order chi connectivity index (χ1) is 8.15. The highest BCUT2D eigenvalue weighted by Crippen LogP contribution is 2.18. The van der Waals surface area contributed by atoms with Gasteiger partial charge in [0, 0.05) is 19.1 Å². The molecule has 1 unspecified atom stereocenters. The number of urea groups is 1. The summed E-state index contributed by atoms with van der Waals surface area (Å²) in [6.07, 6.45) is 5.40. The van der Waals surface area contributed by atoms with Crippen LogP contribution in [-0.4, -0.2) is 41.1 Å². The highest BCUT2D eigenvalue weighted by Gasteiger charge is 2.23. The van der Waals surface area contributed by atoms with Crippen LogP contribution in [0.15, 0.2) is 0 Å². The first kappa shape index (κ1) is 13.8. The molecule has 1 aliphatic rings. The lowest BCUT2D eigenvalue weighted by atomic mass is 10.1. The van der Waals surface area contributed by atoms with Crippen LogP contribution in [-0.2, 0) is 4.79 Å². The Bertz CT molecular complexity index is 268. The maximum atomic E-state index is 11.9. The molecule has 0 aliphatic carbocycles. The van der Waals surface area contributed by atoms with Crippen molar-refractivity contribution >= 4 is 12.0 Å². The molecular weight excluding hydrogens is 220 g/mol. The maximum Gasteiger partial charge on any atom is 0.317 e. The van der Waals surface area contributed by atoms with E-state index in [1.807, 2.05) is 4.90 Å². The fraction of sp³-hybridized carbons (Fsp3) is 0.833. The SMILES string of the molecule is CCC1CCCCCN1C(=O)NCCC(=O)O. The van der Waals surface area contributed by atoms with Crippen molar-refractivity contribution in [1.82, 2.24) is 10.2 Å². The number of hydrogen-bond donors (Lipinski definition) is 2. The molecule has 0 bridgehead atoms. The van der Waals surface area contributed by atoms with E-state index in [2.05, 4.69) is 12.2 Å². The Labute approximate surface area is 102 Å². The topological polar surface area (TPSA) is 69.6 Å². The first-order valence-corrected chi connectivity index (χ1v) is 6.41. The average molecular weight is 242 g/mol. The fourth-order valence-electron chi connectivity index (χ4n) is 2.25. The Morgan fingerprint density at radius 3 is 2.76 bits per heavy atom. The molecule has 1 aliphatic heterocycles. The van der Waals surface area contributed by atoms with Crippen molar-refractivity contribution in [2.75, 3.05) is 13.1 Å². The second-order valence-corrected chi connectivity index (χ2v) is 4.48. The number of carbonyl (C=O) groups is 2. The molecule has 0 aromatic heterocycles. The molecule has 17 heavy (non-hydrogen) atoms. The predicted octanol–water partition coefficient (Wildman–Crippen LogP) is 1.83. The van der Waals surface area contributed by atoms with Gasteiger partial charge in [-0.05, 0) is 19.3 Å². The fourth-order valence-corrected chi connectivity index (χ4v) is 2.25. The maximum absolute atomic E-state index is 11.9. The quantitative estimate of drug-likeness (QED) is 0.790. The third-order valence-corrected chi connectivity index (χ3v) is 3.22. The van der Waals surface area contributed by atoms with E-state index >= 15 is 0 Å². The van der Waals surface area contributed by atoms with Gasteiger partial charge in [0.15, 0.2) is 0 Å². The number of nitrogens with one attached hydrogen (secondary N) is 1. The number of carboxylic acids is 1. The van der Waals surface area contributed by atoms with Crippen molar-refractivity contribution in [2.45, 2.75) is 51.5 Å². The molecule has 1 rings (SSSR count). The molecule has 5 nitrogen and oxygen atoms in total. The molecule has 1 fully saturated rings. The monoisotopic (exact) mass is 242 g/mol.